The van der Waals surface area contributed by atoms with E-state index in [1.54, 1.807) is 30.3 Å². The number of amides is 1. The maximum Gasteiger partial charge on any atom is 0.308 e. The van der Waals surface area contributed by atoms with Crippen LogP contribution in [0.5, 0.6) is 5.75 Å². The lowest BCUT2D eigenvalue weighted by Gasteiger charge is -2.01. The molecule has 0 aliphatic carbocycles. The molecule has 24 heavy (non-hydrogen) atoms. The van der Waals surface area contributed by atoms with Crippen LogP contribution in [0.4, 0.5) is 5.69 Å². The lowest BCUT2D eigenvalue weighted by Crippen LogP contribution is -2.19. The minimum absolute atomic E-state index is 0.182. The standard InChI is InChI=1S/C18H14N2O3S/c1-12(21)23-15-9-7-13(8-10-15)11-16-17(22)20-18(24-16)19-14-5-3-2-4-6-14/h2-11H,1H3,(H,19,20,22)/b16-11-. The number of carbonyl (C=O) groups is 2. The number of aliphatic imine (C=N–C) groups is 1. The van der Waals surface area contributed by atoms with Gasteiger partial charge in [-0.25, -0.2) is 4.99 Å². The molecule has 0 aromatic heterocycles. The summed E-state index contributed by atoms with van der Waals surface area (Å²) in [6.45, 7) is 1.35. The number of hydrogen-bond acceptors (Lipinski definition) is 5. The number of carbonyl (C=O) groups excluding carboxylic acids is 2. The Morgan fingerprint density at radius 1 is 1.12 bits per heavy atom. The number of esters is 1. The first-order valence-electron chi connectivity index (χ1n) is 7.23. The zero-order valence-electron chi connectivity index (χ0n) is 12.9. The monoisotopic (exact) mass is 338 g/mol. The minimum Gasteiger partial charge on any atom is -0.427 e. The van der Waals surface area contributed by atoms with Crippen LogP contribution >= 0.6 is 11.8 Å². The SMILES string of the molecule is CC(=O)Oc1ccc(/C=C2\SC(=Nc3ccccc3)NC2=O)cc1. The van der Waals surface area contributed by atoms with Gasteiger partial charge in [-0.05, 0) is 47.7 Å². The van der Waals surface area contributed by atoms with Gasteiger partial charge in [0.05, 0.1) is 10.6 Å². The van der Waals surface area contributed by atoms with E-state index in [2.05, 4.69) is 10.3 Å². The molecule has 2 aromatic rings. The quantitative estimate of drug-likeness (QED) is 0.528. The highest BCUT2D eigenvalue weighted by molar-refractivity contribution is 8.18. The summed E-state index contributed by atoms with van der Waals surface area (Å²) in [7, 11) is 0. The van der Waals surface area contributed by atoms with E-state index in [0.717, 1.165) is 11.3 Å². The predicted molar refractivity (Wildman–Crippen MR) is 95.0 cm³/mol. The Bertz CT molecular complexity index is 827. The van der Waals surface area contributed by atoms with Gasteiger partial charge in [0.2, 0.25) is 0 Å². The number of ether oxygens (including phenoxy) is 1. The molecule has 1 aliphatic heterocycles. The van der Waals surface area contributed by atoms with Crippen molar-refractivity contribution < 1.29 is 14.3 Å². The summed E-state index contributed by atoms with van der Waals surface area (Å²) in [6.07, 6.45) is 1.77. The predicted octanol–water partition coefficient (Wildman–Crippen LogP) is 3.50. The first kappa shape index (κ1) is 16.0. The topological polar surface area (TPSA) is 67.8 Å². The smallest absolute Gasteiger partial charge is 0.308 e. The summed E-state index contributed by atoms with van der Waals surface area (Å²) in [6, 6.07) is 16.4. The van der Waals surface area contributed by atoms with E-state index in [9.17, 15) is 9.59 Å². The Hall–Kier alpha value is -2.86. The normalized spacial score (nSPS) is 17.1. The lowest BCUT2D eigenvalue weighted by molar-refractivity contribution is -0.131. The number of hydrogen-bond donors (Lipinski definition) is 1. The number of rotatable bonds is 3. The second-order valence-corrected chi connectivity index (χ2v) is 6.01. The number of nitrogens with zero attached hydrogens (tertiary/aromatic N) is 1. The highest BCUT2D eigenvalue weighted by Gasteiger charge is 2.23. The molecule has 0 atom stereocenters. The molecule has 0 saturated carbocycles. The van der Waals surface area contributed by atoms with Crippen molar-refractivity contribution in [3.05, 3.63) is 65.1 Å². The van der Waals surface area contributed by atoms with E-state index in [-0.39, 0.29) is 11.9 Å². The largest absolute Gasteiger partial charge is 0.427 e. The number of thioether (sulfide) groups is 1. The zero-order valence-corrected chi connectivity index (χ0v) is 13.7. The molecule has 6 heteroatoms. The Morgan fingerprint density at radius 2 is 1.83 bits per heavy atom. The Kier molecular flexibility index (Phi) is 4.77. The fourth-order valence-electron chi connectivity index (χ4n) is 2.05. The van der Waals surface area contributed by atoms with Gasteiger partial charge in [0, 0.05) is 6.92 Å². The van der Waals surface area contributed by atoms with Crippen molar-refractivity contribution in [2.75, 3.05) is 0 Å². The summed E-state index contributed by atoms with van der Waals surface area (Å²) in [5, 5.41) is 3.30. The van der Waals surface area contributed by atoms with Crippen molar-refractivity contribution >= 4 is 40.6 Å². The van der Waals surface area contributed by atoms with Crippen LogP contribution in [0.15, 0.2) is 64.5 Å². The van der Waals surface area contributed by atoms with Gasteiger partial charge in [0.1, 0.15) is 5.75 Å². The van der Waals surface area contributed by atoms with Crippen LogP contribution in [-0.4, -0.2) is 17.0 Å². The molecule has 1 N–H and O–H groups in total. The molecule has 1 amide bonds. The van der Waals surface area contributed by atoms with Gasteiger partial charge >= 0.3 is 5.97 Å². The molecule has 1 fully saturated rings. The van der Waals surface area contributed by atoms with Gasteiger partial charge in [-0.2, -0.15) is 0 Å². The van der Waals surface area contributed by atoms with Crippen LogP contribution in [0.2, 0.25) is 0 Å². The van der Waals surface area contributed by atoms with Gasteiger partial charge in [-0.15, -0.1) is 0 Å². The van der Waals surface area contributed by atoms with Gasteiger partial charge in [0.25, 0.3) is 5.91 Å². The highest BCUT2D eigenvalue weighted by atomic mass is 32.2. The van der Waals surface area contributed by atoms with Crippen LogP contribution in [-0.2, 0) is 9.59 Å². The molecular formula is C18H14N2O3S. The van der Waals surface area contributed by atoms with Crippen molar-refractivity contribution in [1.29, 1.82) is 0 Å². The highest BCUT2D eigenvalue weighted by Crippen LogP contribution is 2.28. The Labute approximate surface area is 143 Å². The maximum absolute atomic E-state index is 12.0. The van der Waals surface area contributed by atoms with Crippen molar-refractivity contribution in [3.63, 3.8) is 0 Å². The van der Waals surface area contributed by atoms with E-state index in [0.29, 0.717) is 15.8 Å². The fraction of sp³-hybridized carbons (Fsp3) is 0.0556. The van der Waals surface area contributed by atoms with Crippen molar-refractivity contribution in [2.45, 2.75) is 6.92 Å². The lowest BCUT2D eigenvalue weighted by atomic mass is 10.2. The molecule has 0 spiro atoms. The maximum atomic E-state index is 12.0. The Balaban J connectivity index is 1.75. The average Bonchev–Trinajstić information content (AvgIpc) is 2.89. The number of benzene rings is 2. The molecule has 0 bridgehead atoms. The molecule has 0 unspecified atom stereocenters. The van der Waals surface area contributed by atoms with Crippen molar-refractivity contribution in [3.8, 4) is 5.75 Å². The third-order valence-corrected chi connectivity index (χ3v) is 3.99. The molecule has 3 rings (SSSR count). The molecule has 0 radical (unpaired) electrons. The molecule has 1 heterocycles. The van der Waals surface area contributed by atoms with Gasteiger partial charge in [-0.1, -0.05) is 30.3 Å². The zero-order chi connectivity index (χ0) is 16.9. The molecule has 2 aromatic carbocycles. The first-order chi connectivity index (χ1) is 11.6. The van der Waals surface area contributed by atoms with Gasteiger partial charge in [0.15, 0.2) is 5.17 Å². The molecular weight excluding hydrogens is 324 g/mol. The Morgan fingerprint density at radius 3 is 2.50 bits per heavy atom. The molecule has 1 aliphatic rings. The van der Waals surface area contributed by atoms with E-state index >= 15 is 0 Å². The number of nitrogens with one attached hydrogen (secondary N) is 1. The third-order valence-electron chi connectivity index (χ3n) is 3.08. The van der Waals surface area contributed by atoms with Crippen LogP contribution < -0.4 is 10.1 Å². The van der Waals surface area contributed by atoms with Crippen molar-refractivity contribution in [1.82, 2.24) is 5.32 Å². The molecule has 120 valence electrons. The van der Waals surface area contributed by atoms with Gasteiger partial charge < -0.3 is 10.1 Å². The molecule has 1 saturated heterocycles. The van der Waals surface area contributed by atoms with Crippen LogP contribution in [0, 0.1) is 0 Å². The van der Waals surface area contributed by atoms with E-state index < -0.39 is 0 Å². The van der Waals surface area contributed by atoms with E-state index in [4.69, 9.17) is 4.74 Å². The minimum atomic E-state index is -0.367. The average molecular weight is 338 g/mol. The second-order valence-electron chi connectivity index (χ2n) is 4.98. The van der Waals surface area contributed by atoms with Crippen LogP contribution in [0.3, 0.4) is 0 Å². The second kappa shape index (κ2) is 7.14. The third kappa shape index (κ3) is 4.11. The number of amidine groups is 1. The summed E-state index contributed by atoms with van der Waals surface area (Å²) < 4.78 is 4.98. The first-order valence-corrected chi connectivity index (χ1v) is 8.05. The van der Waals surface area contributed by atoms with Crippen LogP contribution in [0.1, 0.15) is 12.5 Å². The molecule has 5 nitrogen and oxygen atoms in total. The van der Waals surface area contributed by atoms with Crippen LogP contribution in [0.25, 0.3) is 6.08 Å². The fourth-order valence-corrected chi connectivity index (χ4v) is 2.89. The van der Waals surface area contributed by atoms with E-state index in [1.165, 1.54) is 18.7 Å². The summed E-state index contributed by atoms with van der Waals surface area (Å²) in [5.74, 6) is -0.0770. The van der Waals surface area contributed by atoms with E-state index in [1.807, 2.05) is 30.3 Å². The summed E-state index contributed by atoms with van der Waals surface area (Å²) >= 11 is 1.29. The summed E-state index contributed by atoms with van der Waals surface area (Å²) in [5.41, 5.74) is 1.62. The number of para-hydroxylation sites is 1. The summed E-state index contributed by atoms with van der Waals surface area (Å²) in [4.78, 5) is 27.9. The van der Waals surface area contributed by atoms with Crippen molar-refractivity contribution in [2.24, 2.45) is 4.99 Å². The van der Waals surface area contributed by atoms with Gasteiger partial charge in [-0.3, -0.25) is 9.59 Å².